The van der Waals surface area contributed by atoms with E-state index in [4.69, 9.17) is 16.0 Å². The first kappa shape index (κ1) is 12.4. The summed E-state index contributed by atoms with van der Waals surface area (Å²) in [6, 6.07) is 8.01. The second-order valence-electron chi connectivity index (χ2n) is 3.57. The molecule has 0 fully saturated rings. The van der Waals surface area contributed by atoms with Crippen LogP contribution in [0.25, 0.3) is 12.2 Å². The molecule has 0 aliphatic carbocycles. The maximum absolute atomic E-state index is 5.73. The quantitative estimate of drug-likeness (QED) is 0.771. The number of benzene rings is 1. The largest absolute Gasteiger partial charge is 0.442 e. The first-order valence-corrected chi connectivity index (χ1v) is 6.47. The number of oxazole rings is 1. The van der Waals surface area contributed by atoms with E-state index in [9.17, 15) is 0 Å². The minimum atomic E-state index is 0.376. The molecule has 0 atom stereocenters. The molecule has 0 N–H and O–H groups in total. The summed E-state index contributed by atoms with van der Waals surface area (Å²) >= 11 is 9.12. The Hall–Kier alpha value is -1.06. The van der Waals surface area contributed by atoms with Crippen molar-refractivity contribution in [3.63, 3.8) is 0 Å². The molecule has 0 amide bonds. The van der Waals surface area contributed by atoms with Crippen LogP contribution in [0.5, 0.6) is 0 Å². The summed E-state index contributed by atoms with van der Waals surface area (Å²) in [5, 5.41) is 0. The topological polar surface area (TPSA) is 26.0 Å². The number of aryl methyl sites for hydroxylation is 1. The smallest absolute Gasteiger partial charge is 0.219 e. The second kappa shape index (κ2) is 5.52. The first-order valence-electron chi connectivity index (χ1n) is 5.15. The molecule has 0 saturated heterocycles. The van der Waals surface area contributed by atoms with Gasteiger partial charge in [-0.2, -0.15) is 0 Å². The molecular weight excluding hydrogens is 302 g/mol. The number of hydrogen-bond donors (Lipinski definition) is 0. The van der Waals surface area contributed by atoms with Crippen LogP contribution < -0.4 is 0 Å². The van der Waals surface area contributed by atoms with E-state index in [1.807, 2.05) is 43.3 Å². The van der Waals surface area contributed by atoms with Gasteiger partial charge in [-0.05, 0) is 30.7 Å². The molecule has 1 aromatic carbocycles. The highest BCUT2D eigenvalue weighted by Gasteiger charge is 2.05. The first-order chi connectivity index (χ1) is 8.19. The van der Waals surface area contributed by atoms with E-state index >= 15 is 0 Å². The Labute approximate surface area is 113 Å². The molecule has 4 heteroatoms. The third kappa shape index (κ3) is 3.20. The van der Waals surface area contributed by atoms with Gasteiger partial charge < -0.3 is 4.42 Å². The lowest BCUT2D eigenvalue weighted by atomic mass is 10.2. The Balaban J connectivity index is 2.17. The van der Waals surface area contributed by atoms with Crippen LogP contribution in [0.2, 0.25) is 0 Å². The Morgan fingerprint density at radius 2 is 2.00 bits per heavy atom. The summed E-state index contributed by atoms with van der Waals surface area (Å²) in [5.41, 5.74) is 1.89. The van der Waals surface area contributed by atoms with Crippen molar-refractivity contribution >= 4 is 39.7 Å². The van der Waals surface area contributed by atoms with E-state index in [1.165, 1.54) is 0 Å². The minimum absolute atomic E-state index is 0.376. The predicted molar refractivity (Wildman–Crippen MR) is 73.9 cm³/mol. The molecule has 2 aromatic rings. The van der Waals surface area contributed by atoms with Crippen LogP contribution in [0, 0.1) is 6.92 Å². The van der Waals surface area contributed by atoms with Crippen LogP contribution >= 0.6 is 27.5 Å². The standard InChI is InChI=1S/C13H11BrClNO/c1-9-12(8-15)16-13(17-9)7-4-10-2-5-11(14)6-3-10/h2-7H,8H2,1H3/b7-4+. The molecule has 0 spiro atoms. The van der Waals surface area contributed by atoms with Gasteiger partial charge in [-0.3, -0.25) is 0 Å². The zero-order chi connectivity index (χ0) is 12.3. The molecule has 2 nitrogen and oxygen atoms in total. The Morgan fingerprint density at radius 3 is 2.59 bits per heavy atom. The molecule has 0 bridgehead atoms. The van der Waals surface area contributed by atoms with E-state index in [0.717, 1.165) is 21.5 Å². The summed E-state index contributed by atoms with van der Waals surface area (Å²) in [5.74, 6) is 1.73. The van der Waals surface area contributed by atoms with Crippen molar-refractivity contribution in [2.24, 2.45) is 0 Å². The SMILES string of the molecule is Cc1oc(/C=C/c2ccc(Br)cc2)nc1CCl. The van der Waals surface area contributed by atoms with E-state index in [-0.39, 0.29) is 0 Å². The van der Waals surface area contributed by atoms with Crippen molar-refractivity contribution in [1.82, 2.24) is 4.98 Å². The zero-order valence-electron chi connectivity index (χ0n) is 9.28. The Kier molecular flexibility index (Phi) is 4.02. The van der Waals surface area contributed by atoms with Crippen LogP contribution in [0.1, 0.15) is 22.9 Å². The van der Waals surface area contributed by atoms with Crippen LogP contribution in [-0.4, -0.2) is 4.98 Å². The minimum Gasteiger partial charge on any atom is -0.442 e. The molecule has 0 aliphatic heterocycles. The average molecular weight is 313 g/mol. The normalized spacial score (nSPS) is 11.2. The third-order valence-corrected chi connectivity index (χ3v) is 3.11. The lowest BCUT2D eigenvalue weighted by Gasteiger charge is -1.92. The molecule has 0 saturated carbocycles. The highest BCUT2D eigenvalue weighted by atomic mass is 79.9. The van der Waals surface area contributed by atoms with Crippen molar-refractivity contribution in [2.45, 2.75) is 12.8 Å². The van der Waals surface area contributed by atoms with E-state index in [0.29, 0.717) is 11.8 Å². The number of alkyl halides is 1. The van der Waals surface area contributed by atoms with Crippen LogP contribution in [0.15, 0.2) is 33.2 Å². The van der Waals surface area contributed by atoms with Gasteiger partial charge in [0.2, 0.25) is 5.89 Å². The molecule has 2 rings (SSSR count). The van der Waals surface area contributed by atoms with Crippen LogP contribution in [-0.2, 0) is 5.88 Å². The van der Waals surface area contributed by atoms with Gasteiger partial charge in [-0.1, -0.05) is 28.1 Å². The van der Waals surface area contributed by atoms with E-state index in [2.05, 4.69) is 20.9 Å². The van der Waals surface area contributed by atoms with Crippen LogP contribution in [0.4, 0.5) is 0 Å². The maximum Gasteiger partial charge on any atom is 0.219 e. The summed E-state index contributed by atoms with van der Waals surface area (Å²) in [4.78, 5) is 4.27. The molecule has 1 aromatic heterocycles. The summed E-state index contributed by atoms with van der Waals surface area (Å²) in [6.45, 7) is 1.86. The average Bonchev–Trinajstić information content (AvgIpc) is 2.69. The maximum atomic E-state index is 5.73. The Morgan fingerprint density at radius 1 is 1.29 bits per heavy atom. The fourth-order valence-electron chi connectivity index (χ4n) is 1.39. The van der Waals surface area contributed by atoms with Crippen molar-refractivity contribution in [3.05, 3.63) is 51.6 Å². The van der Waals surface area contributed by atoms with Crippen molar-refractivity contribution < 1.29 is 4.42 Å². The fraction of sp³-hybridized carbons (Fsp3) is 0.154. The lowest BCUT2D eigenvalue weighted by Crippen LogP contribution is -1.79. The Bertz CT molecular complexity index is 531. The second-order valence-corrected chi connectivity index (χ2v) is 4.76. The number of aromatic nitrogens is 1. The monoisotopic (exact) mass is 311 g/mol. The summed E-state index contributed by atoms with van der Waals surface area (Å²) < 4.78 is 6.52. The van der Waals surface area contributed by atoms with Crippen LogP contribution in [0.3, 0.4) is 0 Å². The van der Waals surface area contributed by atoms with Crippen molar-refractivity contribution in [2.75, 3.05) is 0 Å². The third-order valence-electron chi connectivity index (χ3n) is 2.32. The van der Waals surface area contributed by atoms with Crippen molar-refractivity contribution in [3.8, 4) is 0 Å². The van der Waals surface area contributed by atoms with Crippen molar-refractivity contribution in [1.29, 1.82) is 0 Å². The summed E-state index contributed by atoms with van der Waals surface area (Å²) in [7, 11) is 0. The number of rotatable bonds is 3. The van der Waals surface area contributed by atoms with Gasteiger partial charge in [0.05, 0.1) is 11.6 Å². The zero-order valence-corrected chi connectivity index (χ0v) is 11.6. The van der Waals surface area contributed by atoms with Gasteiger partial charge in [0.25, 0.3) is 0 Å². The van der Waals surface area contributed by atoms with Gasteiger partial charge in [-0.25, -0.2) is 4.98 Å². The van der Waals surface area contributed by atoms with E-state index < -0.39 is 0 Å². The molecule has 1 heterocycles. The predicted octanol–water partition coefficient (Wildman–Crippen LogP) is 4.65. The number of nitrogens with zero attached hydrogens (tertiary/aromatic N) is 1. The number of halogens is 2. The molecular formula is C13H11BrClNO. The molecule has 88 valence electrons. The highest BCUT2D eigenvalue weighted by molar-refractivity contribution is 9.10. The highest BCUT2D eigenvalue weighted by Crippen LogP contribution is 2.16. The van der Waals surface area contributed by atoms with Gasteiger partial charge >= 0.3 is 0 Å². The van der Waals surface area contributed by atoms with E-state index in [1.54, 1.807) is 0 Å². The number of hydrogen-bond acceptors (Lipinski definition) is 2. The lowest BCUT2D eigenvalue weighted by molar-refractivity contribution is 0.515. The summed E-state index contributed by atoms with van der Waals surface area (Å²) in [6.07, 6.45) is 3.79. The molecule has 17 heavy (non-hydrogen) atoms. The molecule has 0 unspecified atom stereocenters. The molecule has 0 aliphatic rings. The molecule has 0 radical (unpaired) electrons. The van der Waals surface area contributed by atoms with Gasteiger partial charge in [-0.15, -0.1) is 11.6 Å². The van der Waals surface area contributed by atoms with Gasteiger partial charge in [0.15, 0.2) is 0 Å². The van der Waals surface area contributed by atoms with Gasteiger partial charge in [0, 0.05) is 10.5 Å². The van der Waals surface area contributed by atoms with Gasteiger partial charge in [0.1, 0.15) is 5.76 Å². The fourth-order valence-corrected chi connectivity index (χ4v) is 1.90.